The Morgan fingerprint density at radius 1 is 1.00 bits per heavy atom. The van der Waals surface area contributed by atoms with Crippen LogP contribution in [-0.2, 0) is 6.73 Å². The fourth-order valence-electron chi connectivity index (χ4n) is 2.85. The molecule has 0 aliphatic heterocycles. The summed E-state index contributed by atoms with van der Waals surface area (Å²) in [6, 6.07) is 24.7. The molecule has 7 heteroatoms. The Morgan fingerprint density at radius 3 is 2.47 bits per heavy atom. The highest BCUT2D eigenvalue weighted by Gasteiger charge is 2.11. The Balaban J connectivity index is 1.37. The molecule has 0 bridgehead atoms. The highest BCUT2D eigenvalue weighted by Crippen LogP contribution is 2.28. The van der Waals surface area contributed by atoms with Gasteiger partial charge in [-0.15, -0.1) is 0 Å². The Morgan fingerprint density at radius 2 is 1.73 bits per heavy atom. The monoisotopic (exact) mass is 481 g/mol. The van der Waals surface area contributed by atoms with E-state index in [9.17, 15) is 4.79 Å². The number of halogens is 2. The van der Waals surface area contributed by atoms with E-state index in [4.69, 9.17) is 16.3 Å². The Kier molecular flexibility index (Phi) is 6.16. The van der Waals surface area contributed by atoms with Crippen molar-refractivity contribution in [3.05, 3.63) is 100 Å². The number of carbonyl (C=O) groups is 1. The van der Waals surface area contributed by atoms with Crippen LogP contribution in [0, 0.1) is 0 Å². The van der Waals surface area contributed by atoms with Crippen LogP contribution in [0.1, 0.15) is 10.5 Å². The Bertz CT molecular complexity index is 1160. The number of ether oxygens (including phenoxy) is 1. The summed E-state index contributed by atoms with van der Waals surface area (Å²) in [5.41, 5.74) is 3.22. The first-order valence-electron chi connectivity index (χ1n) is 9.17. The van der Waals surface area contributed by atoms with Crippen LogP contribution in [0.15, 0.2) is 89.5 Å². The van der Waals surface area contributed by atoms with Gasteiger partial charge in [0, 0.05) is 16.9 Å². The van der Waals surface area contributed by atoms with Gasteiger partial charge in [-0.3, -0.25) is 4.79 Å². The minimum Gasteiger partial charge on any atom is -0.470 e. The third kappa shape index (κ3) is 4.90. The fraction of sp³-hybridized carbons (Fsp3) is 0.0435. The molecule has 0 aliphatic rings. The molecule has 0 aliphatic carbocycles. The van der Waals surface area contributed by atoms with Crippen molar-refractivity contribution < 1.29 is 9.53 Å². The van der Waals surface area contributed by atoms with Crippen molar-refractivity contribution in [3.8, 4) is 16.9 Å². The summed E-state index contributed by atoms with van der Waals surface area (Å²) in [4.78, 5) is 12.5. The maximum atomic E-state index is 12.5. The first-order valence-corrected chi connectivity index (χ1v) is 10.3. The number of rotatable bonds is 6. The zero-order chi connectivity index (χ0) is 20.9. The van der Waals surface area contributed by atoms with Gasteiger partial charge in [0.1, 0.15) is 5.75 Å². The number of hydrogen-bond donors (Lipinski definition) is 1. The number of benzene rings is 3. The van der Waals surface area contributed by atoms with Crippen LogP contribution in [0.4, 0.5) is 5.69 Å². The van der Waals surface area contributed by atoms with Crippen LogP contribution in [0.2, 0.25) is 5.02 Å². The number of amides is 1. The van der Waals surface area contributed by atoms with Crippen LogP contribution in [-0.4, -0.2) is 15.7 Å². The maximum absolute atomic E-state index is 12.5. The van der Waals surface area contributed by atoms with Gasteiger partial charge in [-0.05, 0) is 63.5 Å². The summed E-state index contributed by atoms with van der Waals surface area (Å²) in [6.45, 7) is 0.166. The predicted molar refractivity (Wildman–Crippen MR) is 122 cm³/mol. The third-order valence-electron chi connectivity index (χ3n) is 4.37. The third-order valence-corrected chi connectivity index (χ3v) is 5.22. The van der Waals surface area contributed by atoms with E-state index in [1.807, 2.05) is 54.6 Å². The van der Waals surface area contributed by atoms with Gasteiger partial charge in [-0.2, -0.15) is 5.10 Å². The molecular weight excluding hydrogens is 466 g/mol. The van der Waals surface area contributed by atoms with Crippen LogP contribution in [0.25, 0.3) is 11.1 Å². The van der Waals surface area contributed by atoms with Gasteiger partial charge < -0.3 is 10.1 Å². The van der Waals surface area contributed by atoms with Crippen molar-refractivity contribution in [1.29, 1.82) is 0 Å². The molecule has 4 rings (SSSR count). The largest absolute Gasteiger partial charge is 0.470 e. The number of carbonyl (C=O) groups excluding carboxylic acids is 1. The number of aromatic nitrogens is 2. The van der Waals surface area contributed by atoms with Crippen molar-refractivity contribution in [3.63, 3.8) is 0 Å². The molecule has 0 unspecified atom stereocenters. The lowest BCUT2D eigenvalue weighted by atomic mass is 10.1. The van der Waals surface area contributed by atoms with Gasteiger partial charge in [0.25, 0.3) is 5.91 Å². The molecule has 0 saturated heterocycles. The summed E-state index contributed by atoms with van der Waals surface area (Å²) in [5.74, 6) is 0.355. The quantitative estimate of drug-likeness (QED) is 0.353. The molecule has 0 saturated carbocycles. The van der Waals surface area contributed by atoms with Gasteiger partial charge >= 0.3 is 0 Å². The van der Waals surface area contributed by atoms with E-state index in [0.717, 1.165) is 15.6 Å². The van der Waals surface area contributed by atoms with E-state index in [1.54, 1.807) is 35.1 Å². The van der Waals surface area contributed by atoms with E-state index in [2.05, 4.69) is 26.3 Å². The highest BCUT2D eigenvalue weighted by atomic mass is 79.9. The van der Waals surface area contributed by atoms with E-state index in [1.165, 1.54) is 0 Å². The minimum absolute atomic E-state index is 0.166. The molecule has 1 N–H and O–H groups in total. The summed E-state index contributed by atoms with van der Waals surface area (Å²) < 4.78 is 8.01. The number of nitrogens with one attached hydrogen (secondary N) is 1. The first kappa shape index (κ1) is 20.2. The predicted octanol–water partition coefficient (Wildman–Crippen LogP) is 6.25. The molecule has 0 radical (unpaired) electrons. The standard InChI is InChI=1S/C23H17BrClN3O2/c24-20-14-18(25)8-11-22(20)30-15-28-13-12-21(27-28)23(29)26-19-9-6-17(7-10-19)16-4-2-1-3-5-16/h1-14H,15H2,(H,26,29). The molecule has 0 spiro atoms. The van der Waals surface area contributed by atoms with Crippen LogP contribution in [0.3, 0.4) is 0 Å². The molecule has 4 aromatic rings. The van der Waals surface area contributed by atoms with Gasteiger partial charge in [0.05, 0.1) is 4.47 Å². The molecule has 1 aromatic heterocycles. The lowest BCUT2D eigenvalue weighted by Crippen LogP contribution is -2.14. The zero-order valence-corrected chi connectivity index (χ0v) is 18.1. The van der Waals surface area contributed by atoms with E-state index in [-0.39, 0.29) is 12.6 Å². The Labute approximate surface area is 187 Å². The summed E-state index contributed by atoms with van der Waals surface area (Å²) in [6.07, 6.45) is 1.69. The second-order valence-electron chi connectivity index (χ2n) is 6.49. The SMILES string of the molecule is O=C(Nc1ccc(-c2ccccc2)cc1)c1ccn(COc2ccc(Cl)cc2Br)n1. The molecule has 1 amide bonds. The molecule has 3 aromatic carbocycles. The van der Waals surface area contributed by atoms with Crippen molar-refractivity contribution in [2.24, 2.45) is 0 Å². The smallest absolute Gasteiger partial charge is 0.276 e. The lowest BCUT2D eigenvalue weighted by molar-refractivity contribution is 0.102. The summed E-state index contributed by atoms with van der Waals surface area (Å²) in [7, 11) is 0. The molecule has 0 atom stereocenters. The molecule has 5 nitrogen and oxygen atoms in total. The number of anilines is 1. The molecular formula is C23H17BrClN3O2. The summed E-state index contributed by atoms with van der Waals surface area (Å²) in [5, 5.41) is 7.75. The normalized spacial score (nSPS) is 10.6. The van der Waals surface area contributed by atoms with Crippen molar-refractivity contribution in [1.82, 2.24) is 9.78 Å². The van der Waals surface area contributed by atoms with E-state index < -0.39 is 0 Å². The maximum Gasteiger partial charge on any atom is 0.276 e. The van der Waals surface area contributed by atoms with Crippen molar-refractivity contribution in [2.75, 3.05) is 5.32 Å². The topological polar surface area (TPSA) is 56.2 Å². The first-order chi connectivity index (χ1) is 14.6. The van der Waals surface area contributed by atoms with Crippen molar-refractivity contribution >= 4 is 39.1 Å². The van der Waals surface area contributed by atoms with Crippen molar-refractivity contribution in [2.45, 2.75) is 6.73 Å². The van der Waals surface area contributed by atoms with E-state index in [0.29, 0.717) is 22.2 Å². The van der Waals surface area contributed by atoms with Gasteiger partial charge in [0.2, 0.25) is 0 Å². The summed E-state index contributed by atoms with van der Waals surface area (Å²) >= 11 is 9.33. The molecule has 30 heavy (non-hydrogen) atoms. The molecule has 0 fully saturated rings. The number of hydrogen-bond acceptors (Lipinski definition) is 3. The molecule has 1 heterocycles. The van der Waals surface area contributed by atoms with Crippen LogP contribution >= 0.6 is 27.5 Å². The van der Waals surface area contributed by atoms with Crippen LogP contribution in [0.5, 0.6) is 5.75 Å². The minimum atomic E-state index is -0.283. The van der Waals surface area contributed by atoms with Gasteiger partial charge in [-0.25, -0.2) is 4.68 Å². The Hall–Kier alpha value is -3.09. The average molecular weight is 483 g/mol. The second kappa shape index (κ2) is 9.15. The molecule has 150 valence electrons. The highest BCUT2D eigenvalue weighted by molar-refractivity contribution is 9.10. The second-order valence-corrected chi connectivity index (χ2v) is 7.78. The van der Waals surface area contributed by atoms with E-state index >= 15 is 0 Å². The van der Waals surface area contributed by atoms with Gasteiger partial charge in [-0.1, -0.05) is 54.1 Å². The fourth-order valence-corrected chi connectivity index (χ4v) is 3.65. The number of nitrogens with zero attached hydrogens (tertiary/aromatic N) is 2. The van der Waals surface area contributed by atoms with Gasteiger partial charge in [0.15, 0.2) is 12.4 Å². The average Bonchev–Trinajstić information content (AvgIpc) is 3.24. The lowest BCUT2D eigenvalue weighted by Gasteiger charge is -2.08. The zero-order valence-electron chi connectivity index (χ0n) is 15.8. The van der Waals surface area contributed by atoms with Crippen LogP contribution < -0.4 is 10.1 Å².